The molecule has 1 aliphatic rings. The van der Waals surface area contributed by atoms with Crippen molar-refractivity contribution in [3.8, 4) is 0 Å². The minimum absolute atomic E-state index is 0. The maximum absolute atomic E-state index is 11.9. The Kier molecular flexibility index (Phi) is 6.81. The molecule has 0 amide bonds. The maximum Gasteiger partial charge on any atom is 0.336 e. The van der Waals surface area contributed by atoms with E-state index in [-0.39, 0.29) is 35.9 Å². The number of benzene rings is 1. The molecule has 0 saturated heterocycles. The van der Waals surface area contributed by atoms with E-state index in [4.69, 9.17) is 9.84 Å². The van der Waals surface area contributed by atoms with Crippen molar-refractivity contribution in [2.24, 2.45) is 0 Å². The van der Waals surface area contributed by atoms with Gasteiger partial charge < -0.3 is 15.2 Å². The van der Waals surface area contributed by atoms with Crippen LogP contribution < -0.4 is 5.32 Å². The lowest BCUT2D eigenvalue weighted by Crippen LogP contribution is -2.19. The van der Waals surface area contributed by atoms with Gasteiger partial charge in [-0.05, 0) is 12.1 Å². The van der Waals surface area contributed by atoms with Gasteiger partial charge in [-0.25, -0.2) is 9.59 Å². The highest BCUT2D eigenvalue weighted by Gasteiger charge is 2.20. The van der Waals surface area contributed by atoms with E-state index in [2.05, 4.69) is 5.32 Å². The fourth-order valence-electron chi connectivity index (χ4n) is 1.66. The van der Waals surface area contributed by atoms with E-state index in [1.807, 2.05) is 0 Å². The van der Waals surface area contributed by atoms with Gasteiger partial charge in [0.2, 0.25) is 0 Å². The minimum atomic E-state index is -1.45. The Morgan fingerprint density at radius 3 is 2.45 bits per heavy atom. The first-order valence-electron chi connectivity index (χ1n) is 6.06. The lowest BCUT2D eigenvalue weighted by Gasteiger charge is -2.12. The standard InChI is InChI=1S/C14H13NO5S.ClH/c16-13(17)10-6-11(8-15-7-10)14(18)20-9-21(19)12-4-2-1-3-5-12;/h1-5,7-8,15H,6,9H2,(H,16,17);1H. The highest BCUT2D eigenvalue weighted by Crippen LogP contribution is 2.16. The summed E-state index contributed by atoms with van der Waals surface area (Å²) in [4.78, 5) is 23.2. The van der Waals surface area contributed by atoms with Crippen molar-refractivity contribution in [3.05, 3.63) is 53.9 Å². The number of carboxylic acid groups (broad SMARTS) is 1. The van der Waals surface area contributed by atoms with Crippen LogP contribution in [0.3, 0.4) is 0 Å². The fourth-order valence-corrected chi connectivity index (χ4v) is 2.47. The number of aliphatic carboxylic acids is 1. The molecule has 22 heavy (non-hydrogen) atoms. The number of nitrogens with one attached hydrogen (secondary N) is 1. The topological polar surface area (TPSA) is 92.7 Å². The number of esters is 1. The third-order valence-corrected chi connectivity index (χ3v) is 3.87. The first-order valence-corrected chi connectivity index (χ1v) is 7.38. The number of dihydropyridines is 1. The number of ether oxygens (including phenoxy) is 1. The number of rotatable bonds is 5. The van der Waals surface area contributed by atoms with Crippen molar-refractivity contribution in [3.63, 3.8) is 0 Å². The molecule has 0 aromatic heterocycles. The summed E-state index contributed by atoms with van der Waals surface area (Å²) in [7, 11) is -1.45. The van der Waals surface area contributed by atoms with Gasteiger partial charge in [0.1, 0.15) is 0 Å². The Bertz CT molecular complexity index is 642. The van der Waals surface area contributed by atoms with Crippen LogP contribution >= 0.6 is 12.4 Å². The predicted molar refractivity (Wildman–Crippen MR) is 82.6 cm³/mol. The van der Waals surface area contributed by atoms with E-state index in [9.17, 15) is 13.8 Å². The van der Waals surface area contributed by atoms with E-state index in [1.54, 1.807) is 30.3 Å². The number of hydrogen-bond acceptors (Lipinski definition) is 5. The molecule has 8 heteroatoms. The summed E-state index contributed by atoms with van der Waals surface area (Å²) in [6, 6.07) is 8.64. The Hall–Kier alpha value is -2.12. The molecule has 1 unspecified atom stereocenters. The van der Waals surface area contributed by atoms with Crippen LogP contribution in [0, 0.1) is 0 Å². The SMILES string of the molecule is Cl.O=C(O)C1=CNC=C(C(=O)OCS(=O)c2ccccc2)C1. The van der Waals surface area contributed by atoms with E-state index in [0.29, 0.717) is 4.90 Å². The normalized spacial score (nSPS) is 14.5. The van der Waals surface area contributed by atoms with Crippen LogP contribution in [0.15, 0.2) is 58.8 Å². The largest absolute Gasteiger partial charge is 0.478 e. The van der Waals surface area contributed by atoms with Gasteiger partial charge >= 0.3 is 11.9 Å². The molecule has 1 heterocycles. The van der Waals surface area contributed by atoms with E-state index < -0.39 is 22.7 Å². The molecule has 0 aliphatic carbocycles. The molecule has 1 aromatic rings. The second-order valence-electron chi connectivity index (χ2n) is 4.20. The summed E-state index contributed by atoms with van der Waals surface area (Å²) in [5.41, 5.74) is 0.244. The van der Waals surface area contributed by atoms with E-state index >= 15 is 0 Å². The summed E-state index contributed by atoms with van der Waals surface area (Å²) >= 11 is 0. The first kappa shape index (κ1) is 17.9. The summed E-state index contributed by atoms with van der Waals surface area (Å²) in [6.45, 7) is 0. The second kappa shape index (κ2) is 8.35. The molecule has 0 spiro atoms. The highest BCUT2D eigenvalue weighted by molar-refractivity contribution is 7.84. The highest BCUT2D eigenvalue weighted by atomic mass is 35.5. The third kappa shape index (κ3) is 4.71. The van der Waals surface area contributed by atoms with Crippen molar-refractivity contribution in [2.75, 3.05) is 5.94 Å². The molecule has 1 aromatic carbocycles. The van der Waals surface area contributed by atoms with Gasteiger partial charge in [0, 0.05) is 23.7 Å². The number of hydrogen-bond donors (Lipinski definition) is 2. The molecule has 0 saturated carbocycles. The van der Waals surface area contributed by atoms with Gasteiger partial charge in [-0.1, -0.05) is 18.2 Å². The maximum atomic E-state index is 11.9. The van der Waals surface area contributed by atoms with Crippen LogP contribution in [0.25, 0.3) is 0 Å². The molecule has 1 atom stereocenters. The fraction of sp³-hybridized carbons (Fsp3) is 0.143. The summed E-state index contributed by atoms with van der Waals surface area (Å²) in [6.07, 6.45) is 2.65. The number of carbonyl (C=O) groups excluding carboxylic acids is 1. The van der Waals surface area contributed by atoms with Gasteiger partial charge in [0.15, 0.2) is 5.94 Å². The summed E-state index contributed by atoms with van der Waals surface area (Å²) in [5, 5.41) is 11.5. The number of halogens is 1. The minimum Gasteiger partial charge on any atom is -0.478 e. The predicted octanol–water partition coefficient (Wildman–Crippen LogP) is 1.56. The Balaban J connectivity index is 0.00000242. The molecule has 2 N–H and O–H groups in total. The lowest BCUT2D eigenvalue weighted by molar-refractivity contribution is -0.137. The Morgan fingerprint density at radius 2 is 1.82 bits per heavy atom. The van der Waals surface area contributed by atoms with Gasteiger partial charge in [0.05, 0.1) is 21.9 Å². The van der Waals surface area contributed by atoms with Gasteiger partial charge in [0.25, 0.3) is 0 Å². The molecule has 6 nitrogen and oxygen atoms in total. The molecule has 1 aliphatic heterocycles. The van der Waals surface area contributed by atoms with E-state index in [1.165, 1.54) is 12.4 Å². The average Bonchev–Trinajstić information content (AvgIpc) is 2.53. The van der Waals surface area contributed by atoms with Gasteiger partial charge in [-0.3, -0.25) is 4.21 Å². The molecule has 0 radical (unpaired) electrons. The Labute approximate surface area is 135 Å². The molecular formula is C14H14ClNO5S. The van der Waals surface area contributed by atoms with Crippen LogP contribution in [0.1, 0.15) is 6.42 Å². The summed E-state index contributed by atoms with van der Waals surface area (Å²) < 4.78 is 16.9. The second-order valence-corrected chi connectivity index (χ2v) is 5.59. The smallest absolute Gasteiger partial charge is 0.336 e. The molecule has 2 rings (SSSR count). The average molecular weight is 344 g/mol. The first-order chi connectivity index (χ1) is 10.1. The zero-order chi connectivity index (χ0) is 15.2. The van der Waals surface area contributed by atoms with Crippen LogP contribution in [-0.4, -0.2) is 27.2 Å². The van der Waals surface area contributed by atoms with Crippen LogP contribution in [0.2, 0.25) is 0 Å². The third-order valence-electron chi connectivity index (χ3n) is 2.74. The summed E-state index contributed by atoms with van der Waals surface area (Å²) in [5.74, 6) is -2.06. The molecule has 118 valence electrons. The van der Waals surface area contributed by atoms with E-state index in [0.717, 1.165) is 0 Å². The quantitative estimate of drug-likeness (QED) is 0.788. The Morgan fingerprint density at radius 1 is 1.18 bits per heavy atom. The van der Waals surface area contributed by atoms with Gasteiger partial charge in [-0.15, -0.1) is 12.4 Å². The monoisotopic (exact) mass is 343 g/mol. The zero-order valence-electron chi connectivity index (χ0n) is 11.4. The van der Waals surface area contributed by atoms with Crippen LogP contribution in [0.4, 0.5) is 0 Å². The van der Waals surface area contributed by atoms with Crippen LogP contribution in [0.5, 0.6) is 0 Å². The van der Waals surface area contributed by atoms with Crippen molar-refractivity contribution < 1.29 is 23.6 Å². The number of carbonyl (C=O) groups is 2. The van der Waals surface area contributed by atoms with Crippen molar-refractivity contribution in [1.29, 1.82) is 0 Å². The van der Waals surface area contributed by atoms with Crippen molar-refractivity contribution in [1.82, 2.24) is 5.32 Å². The zero-order valence-corrected chi connectivity index (χ0v) is 13.0. The van der Waals surface area contributed by atoms with Crippen LogP contribution in [-0.2, 0) is 25.1 Å². The van der Waals surface area contributed by atoms with Gasteiger partial charge in [-0.2, -0.15) is 0 Å². The molecule has 0 fully saturated rings. The number of carboxylic acids is 1. The lowest BCUT2D eigenvalue weighted by atomic mass is 10.1. The molecular weight excluding hydrogens is 330 g/mol. The van der Waals surface area contributed by atoms with Crippen molar-refractivity contribution in [2.45, 2.75) is 11.3 Å². The molecule has 0 bridgehead atoms. The van der Waals surface area contributed by atoms with Crippen molar-refractivity contribution >= 4 is 35.1 Å².